The number of sulfonamides is 1. The third-order valence-corrected chi connectivity index (χ3v) is 5.82. The minimum atomic E-state index is -3.13. The van der Waals surface area contributed by atoms with Gasteiger partial charge in [0, 0.05) is 19.1 Å². The van der Waals surface area contributed by atoms with Gasteiger partial charge in [0.15, 0.2) is 0 Å². The van der Waals surface area contributed by atoms with Gasteiger partial charge in [-0.3, -0.25) is 0 Å². The van der Waals surface area contributed by atoms with E-state index < -0.39 is 10.0 Å². The average molecular weight is 248 g/mol. The van der Waals surface area contributed by atoms with E-state index in [0.29, 0.717) is 6.54 Å². The van der Waals surface area contributed by atoms with E-state index in [1.807, 2.05) is 0 Å². The first-order chi connectivity index (χ1) is 7.48. The smallest absolute Gasteiger partial charge is 0.214 e. The Balaban J connectivity index is 2.94. The van der Waals surface area contributed by atoms with Crippen LogP contribution in [0.2, 0.25) is 0 Å². The van der Waals surface area contributed by atoms with Crippen LogP contribution in [0, 0.1) is 0 Å². The molecule has 1 aliphatic carbocycles. The molecule has 0 aromatic rings. The highest BCUT2D eigenvalue weighted by Gasteiger charge is 2.39. The lowest BCUT2D eigenvalue weighted by Gasteiger charge is -2.39. The van der Waals surface area contributed by atoms with Gasteiger partial charge < -0.3 is 5.73 Å². The van der Waals surface area contributed by atoms with Gasteiger partial charge in [-0.15, -0.1) is 0 Å². The van der Waals surface area contributed by atoms with Crippen molar-refractivity contribution < 1.29 is 8.42 Å². The Morgan fingerprint density at radius 1 is 1.19 bits per heavy atom. The summed E-state index contributed by atoms with van der Waals surface area (Å²) < 4.78 is 25.4. The molecule has 1 rings (SSSR count). The summed E-state index contributed by atoms with van der Waals surface area (Å²) in [6.45, 7) is 2.12. The maximum atomic E-state index is 11.9. The summed E-state index contributed by atoms with van der Waals surface area (Å²) in [5.41, 5.74) is 5.53. The fraction of sp³-hybridized carbons (Fsp3) is 1.00. The molecule has 1 aliphatic rings. The molecule has 0 amide bonds. The molecule has 1 fully saturated rings. The van der Waals surface area contributed by atoms with Crippen LogP contribution in [0.25, 0.3) is 0 Å². The number of nitrogens with zero attached hydrogens (tertiary/aromatic N) is 1. The zero-order valence-electron chi connectivity index (χ0n) is 10.4. The Kier molecular flexibility index (Phi) is 4.76. The topological polar surface area (TPSA) is 63.4 Å². The van der Waals surface area contributed by atoms with Crippen LogP contribution in [0.1, 0.15) is 45.4 Å². The number of likely N-dealkylation sites (N-methyl/N-ethyl adjacent to an activating group) is 1. The minimum Gasteiger partial charge on any atom is -0.329 e. The lowest BCUT2D eigenvalue weighted by Crippen LogP contribution is -2.54. The largest absolute Gasteiger partial charge is 0.329 e. The van der Waals surface area contributed by atoms with Gasteiger partial charge in [0.05, 0.1) is 5.75 Å². The highest BCUT2D eigenvalue weighted by atomic mass is 32.2. The molecule has 2 N–H and O–H groups in total. The Hall–Kier alpha value is -0.130. The minimum absolute atomic E-state index is 0.158. The van der Waals surface area contributed by atoms with Gasteiger partial charge in [0.25, 0.3) is 0 Å². The van der Waals surface area contributed by atoms with Crippen molar-refractivity contribution in [3.05, 3.63) is 0 Å². The molecule has 0 aromatic heterocycles. The molecule has 0 unspecified atom stereocenters. The number of rotatable bonds is 4. The van der Waals surface area contributed by atoms with E-state index in [2.05, 4.69) is 0 Å². The van der Waals surface area contributed by atoms with E-state index in [4.69, 9.17) is 5.73 Å². The molecule has 16 heavy (non-hydrogen) atoms. The average Bonchev–Trinajstić information content (AvgIpc) is 2.54. The lowest BCUT2D eigenvalue weighted by molar-refractivity contribution is 0.196. The van der Waals surface area contributed by atoms with Gasteiger partial charge in [-0.2, -0.15) is 4.31 Å². The fourth-order valence-corrected chi connectivity index (χ4v) is 3.76. The van der Waals surface area contributed by atoms with E-state index in [9.17, 15) is 8.42 Å². The maximum Gasteiger partial charge on any atom is 0.214 e. The van der Waals surface area contributed by atoms with Crippen molar-refractivity contribution in [2.24, 2.45) is 5.73 Å². The van der Waals surface area contributed by atoms with Gasteiger partial charge in [-0.1, -0.05) is 25.7 Å². The van der Waals surface area contributed by atoms with Crippen LogP contribution in [-0.4, -0.2) is 37.6 Å². The Morgan fingerprint density at radius 3 is 2.06 bits per heavy atom. The molecule has 1 saturated carbocycles. The van der Waals surface area contributed by atoms with E-state index >= 15 is 0 Å². The molecule has 0 atom stereocenters. The van der Waals surface area contributed by atoms with Gasteiger partial charge >= 0.3 is 0 Å². The van der Waals surface area contributed by atoms with Gasteiger partial charge in [0.2, 0.25) is 10.0 Å². The maximum absolute atomic E-state index is 11.9. The van der Waals surface area contributed by atoms with Crippen molar-refractivity contribution in [2.75, 3.05) is 19.3 Å². The van der Waals surface area contributed by atoms with E-state index in [0.717, 1.165) is 25.7 Å². The molecule has 0 radical (unpaired) electrons. The van der Waals surface area contributed by atoms with E-state index in [1.165, 1.54) is 12.8 Å². The Morgan fingerprint density at radius 2 is 1.69 bits per heavy atom. The van der Waals surface area contributed by atoms with Crippen molar-refractivity contribution in [3.63, 3.8) is 0 Å². The summed E-state index contributed by atoms with van der Waals surface area (Å²) in [5.74, 6) is 0.158. The second-order valence-electron chi connectivity index (χ2n) is 4.71. The van der Waals surface area contributed by atoms with Crippen molar-refractivity contribution >= 4 is 10.0 Å². The molecular formula is C11H24N2O2S. The quantitative estimate of drug-likeness (QED) is 0.763. The predicted molar refractivity (Wildman–Crippen MR) is 66.7 cm³/mol. The number of hydrogen-bond donors (Lipinski definition) is 1. The summed E-state index contributed by atoms with van der Waals surface area (Å²) in [7, 11) is -1.44. The third-order valence-electron chi connectivity index (χ3n) is 3.86. The van der Waals surface area contributed by atoms with E-state index in [-0.39, 0.29) is 11.3 Å². The summed E-state index contributed by atoms with van der Waals surface area (Å²) >= 11 is 0. The van der Waals surface area contributed by atoms with Crippen molar-refractivity contribution in [1.29, 1.82) is 0 Å². The SMILES string of the molecule is CCS(=O)(=O)N(C)C1(CN)CCCCCC1. The second kappa shape index (κ2) is 5.47. The predicted octanol–water partition coefficient (Wildman–Crippen LogP) is 1.32. The van der Waals surface area contributed by atoms with Crippen LogP contribution < -0.4 is 5.73 Å². The first-order valence-electron chi connectivity index (χ1n) is 6.15. The second-order valence-corrected chi connectivity index (χ2v) is 7.00. The molecule has 0 heterocycles. The van der Waals surface area contributed by atoms with Crippen LogP contribution in [0.15, 0.2) is 0 Å². The summed E-state index contributed by atoms with van der Waals surface area (Å²) in [4.78, 5) is 0. The highest BCUT2D eigenvalue weighted by Crippen LogP contribution is 2.32. The molecule has 0 aliphatic heterocycles. The van der Waals surface area contributed by atoms with Crippen LogP contribution >= 0.6 is 0 Å². The van der Waals surface area contributed by atoms with Crippen molar-refractivity contribution in [3.8, 4) is 0 Å². The molecule has 0 spiro atoms. The molecule has 0 aromatic carbocycles. The standard InChI is InChI=1S/C11H24N2O2S/c1-3-16(14,15)13(2)11(10-12)8-6-4-5-7-9-11/h3-10,12H2,1-2H3. The number of hydrogen-bond acceptors (Lipinski definition) is 3. The molecular weight excluding hydrogens is 224 g/mol. The van der Waals surface area contributed by atoms with Gasteiger partial charge in [-0.05, 0) is 19.8 Å². The van der Waals surface area contributed by atoms with Crippen LogP contribution in [-0.2, 0) is 10.0 Å². The molecule has 0 saturated heterocycles. The van der Waals surface area contributed by atoms with Crippen LogP contribution in [0.5, 0.6) is 0 Å². The van der Waals surface area contributed by atoms with Crippen molar-refractivity contribution in [1.82, 2.24) is 4.31 Å². The van der Waals surface area contributed by atoms with Crippen LogP contribution in [0.4, 0.5) is 0 Å². The molecule has 5 heteroatoms. The molecule has 96 valence electrons. The van der Waals surface area contributed by atoms with E-state index in [1.54, 1.807) is 18.3 Å². The first kappa shape index (κ1) is 13.9. The monoisotopic (exact) mass is 248 g/mol. The normalized spacial score (nSPS) is 22.0. The lowest BCUT2D eigenvalue weighted by atomic mass is 9.90. The summed E-state index contributed by atoms with van der Waals surface area (Å²) in [6.07, 6.45) is 6.36. The number of nitrogens with two attached hydrogens (primary N) is 1. The van der Waals surface area contributed by atoms with Gasteiger partial charge in [0.1, 0.15) is 0 Å². The molecule has 4 nitrogen and oxygen atoms in total. The Bertz CT molecular complexity index is 306. The first-order valence-corrected chi connectivity index (χ1v) is 7.76. The zero-order chi connectivity index (χ0) is 12.2. The van der Waals surface area contributed by atoms with Crippen LogP contribution in [0.3, 0.4) is 0 Å². The third kappa shape index (κ3) is 2.76. The molecule has 0 bridgehead atoms. The summed E-state index contributed by atoms with van der Waals surface area (Å²) in [5, 5.41) is 0. The Labute approximate surface area is 99.2 Å². The highest BCUT2D eigenvalue weighted by molar-refractivity contribution is 7.89. The van der Waals surface area contributed by atoms with Gasteiger partial charge in [-0.25, -0.2) is 8.42 Å². The van der Waals surface area contributed by atoms with Crippen molar-refractivity contribution in [2.45, 2.75) is 51.0 Å². The fourth-order valence-electron chi connectivity index (χ4n) is 2.52. The summed E-state index contributed by atoms with van der Waals surface area (Å²) in [6, 6.07) is 0. The zero-order valence-corrected chi connectivity index (χ0v) is 11.2.